The van der Waals surface area contributed by atoms with Crippen LogP contribution >= 0.6 is 0 Å². The minimum Gasteiger partial charge on any atom is -0.445 e. The second-order valence-corrected chi connectivity index (χ2v) is 11.3. The Balaban J connectivity index is 1.57. The number of rotatable bonds is 8. The lowest BCUT2D eigenvalue weighted by Crippen LogP contribution is -2.14. The van der Waals surface area contributed by atoms with Crippen molar-refractivity contribution in [3.8, 4) is 22.6 Å². The monoisotopic (exact) mass is 491 g/mol. The van der Waals surface area contributed by atoms with E-state index in [-0.39, 0.29) is 10.8 Å². The summed E-state index contributed by atoms with van der Waals surface area (Å²) in [6.45, 7) is 8.06. The van der Waals surface area contributed by atoms with Gasteiger partial charge in [0.05, 0.1) is 16.8 Å². The van der Waals surface area contributed by atoms with Crippen LogP contribution in [0.15, 0.2) is 68.8 Å². The highest BCUT2D eigenvalue weighted by Gasteiger charge is 2.39. The van der Waals surface area contributed by atoms with Crippen molar-refractivity contribution < 1.29 is 17.4 Å². The predicted molar refractivity (Wildman–Crippen MR) is 134 cm³/mol. The van der Waals surface area contributed by atoms with E-state index >= 15 is 0 Å². The summed E-state index contributed by atoms with van der Waals surface area (Å²) in [4.78, 5) is 4.48. The van der Waals surface area contributed by atoms with E-state index in [4.69, 9.17) is 8.94 Å². The molecule has 1 saturated carbocycles. The van der Waals surface area contributed by atoms with Crippen molar-refractivity contribution >= 4 is 15.9 Å². The zero-order valence-electron chi connectivity index (χ0n) is 20.3. The summed E-state index contributed by atoms with van der Waals surface area (Å²) in [5, 5.41) is 3.87. The van der Waals surface area contributed by atoms with E-state index in [2.05, 4.69) is 34.8 Å². The fraction of sp³-hybridized carbons (Fsp3) is 0.333. The Morgan fingerprint density at radius 3 is 2.57 bits per heavy atom. The Kier molecular flexibility index (Phi) is 6.01. The highest BCUT2D eigenvalue weighted by atomic mass is 32.2. The van der Waals surface area contributed by atoms with Gasteiger partial charge in [-0.05, 0) is 73.8 Å². The van der Waals surface area contributed by atoms with Crippen molar-refractivity contribution in [2.75, 3.05) is 4.72 Å². The molecule has 5 rings (SSSR count). The van der Waals surface area contributed by atoms with Gasteiger partial charge in [0.15, 0.2) is 0 Å². The van der Waals surface area contributed by atoms with Crippen molar-refractivity contribution in [1.82, 2.24) is 10.1 Å². The van der Waals surface area contributed by atoms with Crippen molar-refractivity contribution in [2.45, 2.75) is 45.4 Å². The van der Waals surface area contributed by atoms with Crippen LogP contribution in [0.2, 0.25) is 0 Å². The summed E-state index contributed by atoms with van der Waals surface area (Å²) in [6, 6.07) is 13.0. The first-order valence-corrected chi connectivity index (χ1v) is 13.3. The summed E-state index contributed by atoms with van der Waals surface area (Å²) < 4.78 is 40.3. The standard InChI is InChI=1S/C27H29N3O4S/c1-16(2)24-15-21(24)14-20-13-19(27-28-11-12-33-27)9-10-22(20)23-7-5-6-8-25(23)35(31,32)30-26-17(3)18(4)29-34-26/h5-13,16,21,24,30H,14-15H2,1-4H3/t21-,24-/m1/s1. The van der Waals surface area contributed by atoms with Gasteiger partial charge in [0.25, 0.3) is 10.0 Å². The van der Waals surface area contributed by atoms with Crippen molar-refractivity contribution in [1.29, 1.82) is 0 Å². The van der Waals surface area contributed by atoms with E-state index in [9.17, 15) is 8.42 Å². The fourth-order valence-corrected chi connectivity index (χ4v) is 6.01. The van der Waals surface area contributed by atoms with E-state index in [1.807, 2.05) is 24.3 Å². The Labute approximate surface area is 205 Å². The fourth-order valence-electron chi connectivity index (χ4n) is 4.74. The van der Waals surface area contributed by atoms with E-state index in [0.29, 0.717) is 40.5 Å². The number of anilines is 1. The first kappa shape index (κ1) is 23.4. The average molecular weight is 492 g/mol. The molecule has 2 heterocycles. The molecule has 0 amide bonds. The summed E-state index contributed by atoms with van der Waals surface area (Å²) in [5.41, 5.74) is 4.80. The molecule has 1 aliphatic rings. The number of sulfonamides is 1. The minimum atomic E-state index is -3.92. The molecule has 1 aliphatic carbocycles. The minimum absolute atomic E-state index is 0.134. The van der Waals surface area contributed by atoms with Gasteiger partial charge in [0, 0.05) is 16.7 Å². The lowest BCUT2D eigenvalue weighted by atomic mass is 9.93. The summed E-state index contributed by atoms with van der Waals surface area (Å²) >= 11 is 0. The topological polar surface area (TPSA) is 98.2 Å². The van der Waals surface area contributed by atoms with Gasteiger partial charge in [-0.1, -0.05) is 43.3 Å². The molecule has 0 bridgehead atoms. The smallest absolute Gasteiger partial charge is 0.264 e. The number of nitrogens with one attached hydrogen (secondary N) is 1. The molecule has 2 aromatic carbocycles. The molecule has 8 heteroatoms. The highest BCUT2D eigenvalue weighted by molar-refractivity contribution is 7.92. The molecule has 1 N–H and O–H groups in total. The number of oxazole rings is 1. The summed E-state index contributed by atoms with van der Waals surface area (Å²) in [6.07, 6.45) is 5.24. The molecule has 0 radical (unpaired) electrons. The van der Waals surface area contributed by atoms with E-state index in [1.54, 1.807) is 38.4 Å². The lowest BCUT2D eigenvalue weighted by molar-refractivity contribution is 0.430. The van der Waals surface area contributed by atoms with Gasteiger partial charge < -0.3 is 8.94 Å². The van der Waals surface area contributed by atoms with Crippen LogP contribution in [0.3, 0.4) is 0 Å². The first-order chi connectivity index (χ1) is 16.7. The van der Waals surface area contributed by atoms with Gasteiger partial charge in [0.2, 0.25) is 11.8 Å². The molecule has 2 aromatic heterocycles. The quantitative estimate of drug-likeness (QED) is 0.313. The number of nitrogens with zero attached hydrogens (tertiary/aromatic N) is 2. The molecule has 7 nitrogen and oxygen atoms in total. The molecular formula is C27H29N3O4S. The van der Waals surface area contributed by atoms with E-state index < -0.39 is 10.0 Å². The Bertz CT molecular complexity index is 1460. The van der Waals surface area contributed by atoms with Gasteiger partial charge in [-0.2, -0.15) is 0 Å². The Hall–Kier alpha value is -3.39. The van der Waals surface area contributed by atoms with E-state index in [1.165, 1.54) is 6.42 Å². The number of hydrogen-bond donors (Lipinski definition) is 1. The van der Waals surface area contributed by atoms with Crippen LogP contribution in [0.5, 0.6) is 0 Å². The molecule has 2 atom stereocenters. The van der Waals surface area contributed by atoms with Crippen molar-refractivity contribution in [3.63, 3.8) is 0 Å². The molecule has 35 heavy (non-hydrogen) atoms. The SMILES string of the molecule is Cc1noc(NS(=O)(=O)c2ccccc2-c2ccc(-c3ncco3)cc2C[C@@H]2C[C@@H]2C(C)C)c1C. The molecule has 0 aliphatic heterocycles. The van der Waals surface area contributed by atoms with Gasteiger partial charge >= 0.3 is 0 Å². The normalized spacial score (nSPS) is 17.6. The zero-order chi connectivity index (χ0) is 24.7. The maximum absolute atomic E-state index is 13.5. The number of benzene rings is 2. The van der Waals surface area contributed by atoms with E-state index in [0.717, 1.165) is 23.1 Å². The Morgan fingerprint density at radius 1 is 1.11 bits per heavy atom. The second kappa shape index (κ2) is 9.00. The van der Waals surface area contributed by atoms with Crippen LogP contribution in [0, 0.1) is 31.6 Å². The molecule has 1 fully saturated rings. The summed E-state index contributed by atoms with van der Waals surface area (Å²) in [5.74, 6) is 2.58. The Morgan fingerprint density at radius 2 is 1.91 bits per heavy atom. The van der Waals surface area contributed by atoms with Crippen LogP contribution in [-0.2, 0) is 16.4 Å². The first-order valence-electron chi connectivity index (χ1n) is 11.8. The van der Waals surface area contributed by atoms with Crippen LogP contribution in [0.4, 0.5) is 5.88 Å². The molecular weight excluding hydrogens is 462 g/mol. The van der Waals surface area contributed by atoms with Crippen molar-refractivity contribution in [2.24, 2.45) is 17.8 Å². The van der Waals surface area contributed by atoms with Crippen molar-refractivity contribution in [3.05, 3.63) is 71.7 Å². The van der Waals surface area contributed by atoms with Crippen LogP contribution in [0.1, 0.15) is 37.1 Å². The third kappa shape index (κ3) is 4.62. The second-order valence-electron chi connectivity index (χ2n) is 9.64. The number of aromatic nitrogens is 2. The van der Waals surface area contributed by atoms with Crippen LogP contribution in [0.25, 0.3) is 22.6 Å². The maximum Gasteiger partial charge on any atom is 0.264 e. The third-order valence-corrected chi connectivity index (χ3v) is 8.34. The number of hydrogen-bond acceptors (Lipinski definition) is 6. The highest BCUT2D eigenvalue weighted by Crippen LogP contribution is 2.47. The predicted octanol–water partition coefficient (Wildman–Crippen LogP) is 6.25. The molecule has 0 saturated heterocycles. The molecule has 0 unspecified atom stereocenters. The summed E-state index contributed by atoms with van der Waals surface area (Å²) in [7, 11) is -3.92. The van der Waals surface area contributed by atoms with Gasteiger partial charge in [-0.15, -0.1) is 0 Å². The molecule has 4 aromatic rings. The van der Waals surface area contributed by atoms with Gasteiger partial charge in [0.1, 0.15) is 6.26 Å². The maximum atomic E-state index is 13.5. The molecule has 182 valence electrons. The average Bonchev–Trinajstić information content (AvgIpc) is 3.26. The lowest BCUT2D eigenvalue weighted by Gasteiger charge is -2.16. The van der Waals surface area contributed by atoms with Gasteiger partial charge in [-0.25, -0.2) is 18.1 Å². The largest absolute Gasteiger partial charge is 0.445 e. The van der Waals surface area contributed by atoms with Crippen LogP contribution in [-0.4, -0.2) is 18.6 Å². The third-order valence-electron chi connectivity index (χ3n) is 6.95. The number of aryl methyl sites for hydroxylation is 1. The van der Waals surface area contributed by atoms with Crippen LogP contribution < -0.4 is 4.72 Å². The zero-order valence-corrected chi connectivity index (χ0v) is 21.1. The molecule has 0 spiro atoms. The van der Waals surface area contributed by atoms with Gasteiger partial charge in [-0.3, -0.25) is 0 Å².